The van der Waals surface area contributed by atoms with Crippen molar-refractivity contribution in [3.05, 3.63) is 0 Å². The molecule has 29 heavy (non-hydrogen) atoms. The van der Waals surface area contributed by atoms with E-state index in [-0.39, 0.29) is 12.8 Å². The highest BCUT2D eigenvalue weighted by Gasteiger charge is 2.30. The predicted octanol–water partition coefficient (Wildman–Crippen LogP) is 5.55. The quantitative estimate of drug-likeness (QED) is 0.180. The molecule has 0 aliphatic rings. The summed E-state index contributed by atoms with van der Waals surface area (Å²) in [6.07, 6.45) is 13.4. The Morgan fingerprint density at radius 3 is 1.14 bits per heavy atom. The van der Waals surface area contributed by atoms with Gasteiger partial charge in [-0.25, -0.2) is 0 Å². The molecule has 0 amide bonds. The number of unbranched alkanes of at least 4 members (excludes halogenated alkanes) is 12. The SMILES string of the molecule is COP(=O)(OC)C(=O)CCCCCCCCCCCCCCCC(=O)P(=O)(O)O. The topological polar surface area (TPSA) is 127 Å². The normalized spacial score (nSPS) is 12.3. The maximum absolute atomic E-state index is 11.8. The summed E-state index contributed by atoms with van der Waals surface area (Å²) in [7, 11) is -5.64. The zero-order valence-corrected chi connectivity index (χ0v) is 19.6. The zero-order chi connectivity index (χ0) is 22.2. The lowest BCUT2D eigenvalue weighted by molar-refractivity contribution is -0.114. The second-order valence-corrected chi connectivity index (χ2v) is 11.1. The van der Waals surface area contributed by atoms with Crippen molar-refractivity contribution in [2.45, 2.75) is 96.3 Å². The fourth-order valence-corrected chi connectivity index (χ4v) is 4.50. The van der Waals surface area contributed by atoms with Gasteiger partial charge in [-0.2, -0.15) is 0 Å². The fourth-order valence-electron chi connectivity index (χ4n) is 3.06. The molecule has 10 heteroatoms. The van der Waals surface area contributed by atoms with Gasteiger partial charge < -0.3 is 18.8 Å². The van der Waals surface area contributed by atoms with E-state index in [0.29, 0.717) is 12.8 Å². The van der Waals surface area contributed by atoms with Crippen molar-refractivity contribution >= 4 is 26.2 Å². The van der Waals surface area contributed by atoms with E-state index in [1.54, 1.807) is 0 Å². The van der Waals surface area contributed by atoms with E-state index in [1.165, 1.54) is 39.9 Å². The molecule has 0 radical (unpaired) electrons. The van der Waals surface area contributed by atoms with Gasteiger partial charge in [0.2, 0.25) is 11.0 Å². The highest BCUT2D eigenvalue weighted by atomic mass is 31.2. The number of hydrogen-bond donors (Lipinski definition) is 2. The first-order valence-electron chi connectivity index (χ1n) is 10.5. The molecule has 0 rings (SSSR count). The highest BCUT2D eigenvalue weighted by molar-refractivity contribution is 7.71. The average Bonchev–Trinajstić information content (AvgIpc) is 2.68. The molecule has 0 aromatic carbocycles. The number of rotatable bonds is 20. The van der Waals surface area contributed by atoms with Gasteiger partial charge in [-0.3, -0.25) is 18.7 Å². The lowest BCUT2D eigenvalue weighted by atomic mass is 10.0. The third-order valence-corrected chi connectivity index (χ3v) is 7.56. The van der Waals surface area contributed by atoms with Crippen LogP contribution in [0.2, 0.25) is 0 Å². The van der Waals surface area contributed by atoms with E-state index in [4.69, 9.17) is 9.79 Å². The van der Waals surface area contributed by atoms with Crippen molar-refractivity contribution in [1.29, 1.82) is 0 Å². The molecule has 8 nitrogen and oxygen atoms in total. The Morgan fingerprint density at radius 1 is 0.586 bits per heavy atom. The molecule has 2 N–H and O–H groups in total. The average molecular weight is 456 g/mol. The summed E-state index contributed by atoms with van der Waals surface area (Å²) in [5.41, 5.74) is -1.40. The molecule has 0 aromatic heterocycles. The van der Waals surface area contributed by atoms with Gasteiger partial charge in [-0.15, -0.1) is 0 Å². The maximum Gasteiger partial charge on any atom is 0.396 e. The Morgan fingerprint density at radius 2 is 0.862 bits per heavy atom. The minimum absolute atomic E-state index is 0.0312. The molecule has 0 spiro atoms. The Labute approximate surface area is 174 Å². The Balaban J connectivity index is 3.38. The van der Waals surface area contributed by atoms with Crippen LogP contribution in [0.25, 0.3) is 0 Å². The minimum atomic E-state index is -4.53. The lowest BCUT2D eigenvalue weighted by Crippen LogP contribution is -2.03. The van der Waals surface area contributed by atoms with Crippen molar-refractivity contribution in [1.82, 2.24) is 0 Å². The van der Waals surface area contributed by atoms with Crippen LogP contribution >= 0.6 is 15.2 Å². The van der Waals surface area contributed by atoms with E-state index >= 15 is 0 Å². The molecule has 0 fully saturated rings. The second kappa shape index (κ2) is 16.3. The first-order valence-corrected chi connectivity index (χ1v) is 13.7. The van der Waals surface area contributed by atoms with Gasteiger partial charge in [0.25, 0.3) is 0 Å². The van der Waals surface area contributed by atoms with Crippen LogP contribution in [0.5, 0.6) is 0 Å². The van der Waals surface area contributed by atoms with E-state index in [9.17, 15) is 18.7 Å². The molecule has 0 saturated heterocycles. The molecule has 0 unspecified atom stereocenters. The Hall–Kier alpha value is -0.360. The smallest absolute Gasteiger partial charge is 0.319 e. The van der Waals surface area contributed by atoms with Crippen LogP contribution in [0.4, 0.5) is 0 Å². The maximum atomic E-state index is 11.8. The molecule has 0 aliphatic heterocycles. The summed E-state index contributed by atoms with van der Waals surface area (Å²) in [6.45, 7) is 0. The molecule has 0 atom stereocenters. The van der Waals surface area contributed by atoms with Crippen LogP contribution in [0, 0.1) is 0 Å². The molecular formula is C19H38O8P2. The summed E-state index contributed by atoms with van der Waals surface area (Å²) in [5, 5.41) is 0. The highest BCUT2D eigenvalue weighted by Crippen LogP contribution is 2.48. The van der Waals surface area contributed by atoms with Gasteiger partial charge >= 0.3 is 15.2 Å². The van der Waals surface area contributed by atoms with Crippen molar-refractivity contribution < 1.29 is 37.6 Å². The van der Waals surface area contributed by atoms with Gasteiger partial charge in [-0.05, 0) is 12.8 Å². The Bertz CT molecular complexity index is 550. The molecule has 172 valence electrons. The van der Waals surface area contributed by atoms with E-state index in [0.717, 1.165) is 44.9 Å². The summed E-state index contributed by atoms with van der Waals surface area (Å²) in [5.74, 6) is 0. The third-order valence-electron chi connectivity index (χ3n) is 4.89. The molecule has 0 aromatic rings. The minimum Gasteiger partial charge on any atom is -0.319 e. The van der Waals surface area contributed by atoms with Gasteiger partial charge in [0.05, 0.1) is 0 Å². The lowest BCUT2D eigenvalue weighted by Gasteiger charge is -2.11. The molecule has 0 saturated carbocycles. The van der Waals surface area contributed by atoms with Crippen LogP contribution in [0.15, 0.2) is 0 Å². The van der Waals surface area contributed by atoms with Gasteiger partial charge in [0.15, 0.2) is 0 Å². The molecule has 0 heterocycles. The summed E-state index contributed by atoms with van der Waals surface area (Å²) in [4.78, 5) is 40.2. The van der Waals surface area contributed by atoms with Crippen molar-refractivity contribution in [3.8, 4) is 0 Å². The first-order chi connectivity index (χ1) is 13.7. The first kappa shape index (κ1) is 28.6. The van der Waals surface area contributed by atoms with Crippen LogP contribution < -0.4 is 0 Å². The number of carbonyl (C=O) groups excluding carboxylic acids is 2. The second-order valence-electron chi connectivity index (χ2n) is 7.29. The monoisotopic (exact) mass is 456 g/mol. The molecule has 0 bridgehead atoms. The number of carbonyl (C=O) groups is 2. The van der Waals surface area contributed by atoms with Crippen molar-refractivity contribution in [2.75, 3.05) is 14.2 Å². The standard InChI is InChI=1S/C19H38O8P2/c1-26-29(25,27-2)19(21)17-15-13-11-9-7-5-3-4-6-8-10-12-14-16-18(20)28(22,23)24/h3-17H2,1-2H3,(H2,22,23,24). The van der Waals surface area contributed by atoms with Crippen LogP contribution in [-0.2, 0) is 27.8 Å². The van der Waals surface area contributed by atoms with Crippen molar-refractivity contribution in [3.63, 3.8) is 0 Å². The third kappa shape index (κ3) is 14.3. The van der Waals surface area contributed by atoms with Gasteiger partial charge in [-0.1, -0.05) is 70.6 Å². The predicted molar refractivity (Wildman–Crippen MR) is 113 cm³/mol. The Kier molecular flexibility index (Phi) is 16.1. The van der Waals surface area contributed by atoms with Gasteiger partial charge in [0.1, 0.15) is 0 Å². The van der Waals surface area contributed by atoms with E-state index in [1.807, 2.05) is 0 Å². The van der Waals surface area contributed by atoms with Crippen LogP contribution in [0.3, 0.4) is 0 Å². The van der Waals surface area contributed by atoms with Gasteiger partial charge in [0, 0.05) is 27.1 Å². The molecular weight excluding hydrogens is 418 g/mol. The summed E-state index contributed by atoms with van der Waals surface area (Å²) < 4.78 is 31.9. The molecule has 0 aliphatic carbocycles. The van der Waals surface area contributed by atoms with Crippen LogP contribution in [0.1, 0.15) is 96.3 Å². The summed E-state index contributed by atoms with van der Waals surface area (Å²) in [6, 6.07) is 0. The van der Waals surface area contributed by atoms with Crippen molar-refractivity contribution in [2.24, 2.45) is 0 Å². The number of hydrogen-bond acceptors (Lipinski definition) is 6. The fraction of sp³-hybridized carbons (Fsp3) is 0.895. The zero-order valence-electron chi connectivity index (χ0n) is 17.8. The summed E-state index contributed by atoms with van der Waals surface area (Å²) >= 11 is 0. The largest absolute Gasteiger partial charge is 0.396 e. The van der Waals surface area contributed by atoms with E-state index in [2.05, 4.69) is 9.05 Å². The van der Waals surface area contributed by atoms with Crippen LogP contribution in [-0.4, -0.2) is 35.1 Å². The van der Waals surface area contributed by atoms with E-state index < -0.39 is 26.2 Å².